The van der Waals surface area contributed by atoms with Gasteiger partial charge in [-0.25, -0.2) is 9.78 Å². The second-order valence-corrected chi connectivity index (χ2v) is 8.95. The number of anilines is 1. The number of aromatic nitrogens is 1. The van der Waals surface area contributed by atoms with Gasteiger partial charge in [0.1, 0.15) is 23.7 Å². The van der Waals surface area contributed by atoms with Gasteiger partial charge in [-0.3, -0.25) is 4.90 Å². The van der Waals surface area contributed by atoms with Gasteiger partial charge in [0.15, 0.2) is 0 Å². The average Bonchev–Trinajstić information content (AvgIpc) is 2.84. The van der Waals surface area contributed by atoms with Crippen LogP contribution in [0.4, 0.5) is 5.82 Å². The van der Waals surface area contributed by atoms with Crippen LogP contribution in [0.2, 0.25) is 0 Å². The Morgan fingerprint density at radius 2 is 1.79 bits per heavy atom. The summed E-state index contributed by atoms with van der Waals surface area (Å²) in [5, 5.41) is 0. The van der Waals surface area contributed by atoms with Crippen molar-refractivity contribution in [1.29, 1.82) is 0 Å². The molecule has 6 nitrogen and oxygen atoms in total. The van der Waals surface area contributed by atoms with E-state index in [1.54, 1.807) is 18.3 Å². The number of nitrogens with zero attached hydrogens (tertiary/aromatic N) is 3. The van der Waals surface area contributed by atoms with Gasteiger partial charge in [0, 0.05) is 38.9 Å². The predicted molar refractivity (Wildman–Crippen MR) is 134 cm³/mol. The highest BCUT2D eigenvalue weighted by molar-refractivity contribution is 5.94. The lowest BCUT2D eigenvalue weighted by atomic mass is 10.1. The van der Waals surface area contributed by atoms with Crippen molar-refractivity contribution in [3.8, 4) is 5.75 Å². The van der Waals surface area contributed by atoms with Crippen LogP contribution in [0, 0.1) is 6.92 Å². The zero-order chi connectivity index (χ0) is 23.9. The van der Waals surface area contributed by atoms with Crippen molar-refractivity contribution in [2.24, 2.45) is 0 Å². The third-order valence-corrected chi connectivity index (χ3v) is 5.98. The Hall–Kier alpha value is -3.38. The summed E-state index contributed by atoms with van der Waals surface area (Å²) in [5.74, 6) is 1.28. The molecular formula is C28H33N3O3. The molecule has 2 heterocycles. The maximum Gasteiger partial charge on any atom is 0.342 e. The average molecular weight is 460 g/mol. The number of esters is 1. The van der Waals surface area contributed by atoms with E-state index in [0.29, 0.717) is 18.0 Å². The Labute approximate surface area is 202 Å². The van der Waals surface area contributed by atoms with E-state index in [1.807, 2.05) is 32.0 Å². The van der Waals surface area contributed by atoms with Gasteiger partial charge in [0.05, 0.1) is 6.10 Å². The lowest BCUT2D eigenvalue weighted by molar-refractivity contribution is 0.0378. The molecule has 2 aromatic carbocycles. The molecule has 0 amide bonds. The first-order chi connectivity index (χ1) is 16.5. The first-order valence-corrected chi connectivity index (χ1v) is 11.9. The Bertz CT molecular complexity index is 1110. The molecule has 0 N–H and O–H groups in total. The second-order valence-electron chi connectivity index (χ2n) is 8.95. The van der Waals surface area contributed by atoms with Crippen molar-refractivity contribution in [1.82, 2.24) is 9.88 Å². The number of carbonyl (C=O) groups excluding carboxylic acids is 1. The zero-order valence-electron chi connectivity index (χ0n) is 20.2. The highest BCUT2D eigenvalue weighted by atomic mass is 16.5. The molecule has 0 atom stereocenters. The van der Waals surface area contributed by atoms with Gasteiger partial charge in [-0.05, 0) is 61.7 Å². The molecule has 3 aromatic rings. The third kappa shape index (κ3) is 6.14. The molecule has 1 aromatic heterocycles. The smallest absolute Gasteiger partial charge is 0.342 e. The molecule has 0 radical (unpaired) electrons. The van der Waals surface area contributed by atoms with Crippen LogP contribution in [0.15, 0.2) is 66.9 Å². The highest BCUT2D eigenvalue weighted by Gasteiger charge is 2.23. The number of piperazine rings is 1. The topological polar surface area (TPSA) is 54.9 Å². The van der Waals surface area contributed by atoms with Crippen molar-refractivity contribution < 1.29 is 14.3 Å². The second kappa shape index (κ2) is 11.2. The fourth-order valence-electron chi connectivity index (χ4n) is 4.13. The number of pyridine rings is 1. The summed E-state index contributed by atoms with van der Waals surface area (Å²) in [6.07, 6.45) is 1.57. The highest BCUT2D eigenvalue weighted by Crippen LogP contribution is 2.22. The maximum atomic E-state index is 12.5. The number of benzene rings is 2. The molecule has 4 rings (SSSR count). The van der Waals surface area contributed by atoms with Crippen molar-refractivity contribution in [3.05, 3.63) is 89.1 Å². The van der Waals surface area contributed by atoms with Crippen LogP contribution in [0.25, 0.3) is 0 Å². The molecule has 1 saturated heterocycles. The van der Waals surface area contributed by atoms with E-state index < -0.39 is 0 Å². The quantitative estimate of drug-likeness (QED) is 0.449. The van der Waals surface area contributed by atoms with Crippen LogP contribution in [0.3, 0.4) is 0 Å². The van der Waals surface area contributed by atoms with Crippen LogP contribution < -0.4 is 9.64 Å². The molecule has 178 valence electrons. The van der Waals surface area contributed by atoms with Gasteiger partial charge >= 0.3 is 5.97 Å². The summed E-state index contributed by atoms with van der Waals surface area (Å²) in [4.78, 5) is 21.6. The first-order valence-electron chi connectivity index (χ1n) is 11.9. The maximum absolute atomic E-state index is 12.5. The van der Waals surface area contributed by atoms with Gasteiger partial charge in [0.25, 0.3) is 0 Å². The molecule has 0 saturated carbocycles. The predicted octanol–water partition coefficient (Wildman–Crippen LogP) is 4.86. The molecule has 1 aliphatic rings. The molecular weight excluding hydrogens is 426 g/mol. The van der Waals surface area contributed by atoms with E-state index in [4.69, 9.17) is 9.47 Å². The summed E-state index contributed by atoms with van der Waals surface area (Å²) < 4.78 is 11.5. The van der Waals surface area contributed by atoms with Crippen molar-refractivity contribution in [2.45, 2.75) is 40.0 Å². The summed E-state index contributed by atoms with van der Waals surface area (Å²) >= 11 is 0. The minimum atomic E-state index is -0.317. The Balaban J connectivity index is 1.33. The van der Waals surface area contributed by atoms with E-state index in [2.05, 4.69) is 52.0 Å². The fourth-order valence-corrected chi connectivity index (χ4v) is 4.13. The molecule has 0 bridgehead atoms. The van der Waals surface area contributed by atoms with Gasteiger partial charge < -0.3 is 14.4 Å². The van der Waals surface area contributed by atoms with E-state index in [1.165, 1.54) is 16.7 Å². The van der Waals surface area contributed by atoms with Crippen LogP contribution in [-0.4, -0.2) is 48.1 Å². The summed E-state index contributed by atoms with van der Waals surface area (Å²) in [6, 6.07) is 20.2. The molecule has 0 aliphatic carbocycles. The molecule has 34 heavy (non-hydrogen) atoms. The van der Waals surface area contributed by atoms with Crippen LogP contribution in [-0.2, 0) is 17.9 Å². The van der Waals surface area contributed by atoms with Crippen molar-refractivity contribution in [2.75, 3.05) is 31.1 Å². The number of hydrogen-bond acceptors (Lipinski definition) is 6. The van der Waals surface area contributed by atoms with Crippen LogP contribution >= 0.6 is 0 Å². The van der Waals surface area contributed by atoms with E-state index in [-0.39, 0.29) is 12.1 Å². The molecule has 0 spiro atoms. The van der Waals surface area contributed by atoms with E-state index >= 15 is 0 Å². The van der Waals surface area contributed by atoms with Crippen LogP contribution in [0.5, 0.6) is 5.75 Å². The zero-order valence-corrected chi connectivity index (χ0v) is 20.2. The van der Waals surface area contributed by atoms with Crippen molar-refractivity contribution >= 4 is 11.8 Å². The third-order valence-electron chi connectivity index (χ3n) is 5.98. The van der Waals surface area contributed by atoms with Gasteiger partial charge in [-0.2, -0.15) is 0 Å². The normalized spacial score (nSPS) is 14.3. The lowest BCUT2D eigenvalue weighted by Gasteiger charge is -2.36. The van der Waals surface area contributed by atoms with Crippen LogP contribution in [0.1, 0.15) is 40.9 Å². The first kappa shape index (κ1) is 23.8. The molecule has 1 fully saturated rings. The molecule has 1 aliphatic heterocycles. The van der Waals surface area contributed by atoms with Gasteiger partial charge in [-0.1, -0.05) is 36.4 Å². The minimum Gasteiger partial charge on any atom is -0.489 e. The summed E-state index contributed by atoms with van der Waals surface area (Å²) in [7, 11) is 0. The lowest BCUT2D eigenvalue weighted by Crippen LogP contribution is -2.46. The summed E-state index contributed by atoms with van der Waals surface area (Å²) in [6.45, 7) is 10.7. The van der Waals surface area contributed by atoms with Crippen molar-refractivity contribution in [3.63, 3.8) is 0 Å². The molecule has 0 unspecified atom stereocenters. The largest absolute Gasteiger partial charge is 0.489 e. The minimum absolute atomic E-state index is 0.158. The standard InChI is InChI=1S/C28H33N3O3/c1-21(2)34-28(32)26-12-7-13-29-27(26)31-16-14-30(15-17-31)19-23-9-6-11-25(18-23)33-20-24-10-5-4-8-22(24)3/h4-13,18,21H,14-17,19-20H2,1-3H3. The van der Waals surface area contributed by atoms with Gasteiger partial charge in [0.2, 0.25) is 0 Å². The Morgan fingerprint density at radius 3 is 2.56 bits per heavy atom. The number of aryl methyl sites for hydroxylation is 1. The SMILES string of the molecule is Cc1ccccc1COc1cccc(CN2CCN(c3ncccc3C(=O)OC(C)C)CC2)c1. The van der Waals surface area contributed by atoms with Gasteiger partial charge in [-0.15, -0.1) is 0 Å². The summed E-state index contributed by atoms with van der Waals surface area (Å²) in [5.41, 5.74) is 4.21. The number of hydrogen-bond donors (Lipinski definition) is 0. The number of ether oxygens (including phenoxy) is 2. The number of rotatable bonds is 8. The van der Waals surface area contributed by atoms with E-state index in [0.717, 1.165) is 38.5 Å². The number of carbonyl (C=O) groups is 1. The van der Waals surface area contributed by atoms with E-state index in [9.17, 15) is 4.79 Å². The Kier molecular flexibility index (Phi) is 7.80. The fraction of sp³-hybridized carbons (Fsp3) is 0.357. The molecule has 6 heteroatoms. The Morgan fingerprint density at radius 1 is 1.00 bits per heavy atom. The monoisotopic (exact) mass is 459 g/mol.